The van der Waals surface area contributed by atoms with Gasteiger partial charge in [0, 0.05) is 4.90 Å². The van der Waals surface area contributed by atoms with Crippen LogP contribution in [0, 0.1) is 4.91 Å². The zero-order valence-corrected chi connectivity index (χ0v) is 19.2. The van der Waals surface area contributed by atoms with Crippen molar-refractivity contribution in [2.45, 2.75) is 36.3 Å². The predicted octanol–water partition coefficient (Wildman–Crippen LogP) is 3.50. The number of carbonyl (C=O) groups excluding carboxylic acids is 3. The second-order valence-electron chi connectivity index (χ2n) is 7.30. The minimum Gasteiger partial charge on any atom is -0.497 e. The number of methoxy groups -OCH3 is 1. The van der Waals surface area contributed by atoms with Crippen LogP contribution < -0.4 is 15.1 Å². The lowest BCUT2D eigenvalue weighted by atomic mass is 10.1. The highest BCUT2D eigenvalue weighted by atomic mass is 32.2. The molecular weight excluding hydrogens is 446 g/mol. The maximum absolute atomic E-state index is 13.2. The van der Waals surface area contributed by atoms with E-state index in [4.69, 9.17) is 9.47 Å². The van der Waals surface area contributed by atoms with Crippen LogP contribution in [0.2, 0.25) is 0 Å². The lowest BCUT2D eigenvalue weighted by Crippen LogP contribution is -2.46. The molecule has 1 aliphatic rings. The standard InChI is InChI=1S/C23H25N3O6S/c1-3-32-23(29)16-9-12-19-18(13-16)26(14-21(27)24-25-30)22(28)20(33-19)6-4-5-15-7-10-17(31-2)11-8-15/h7-13,20H,3-6,14H2,1-2H3,(H,24,27,30)/t20-/m1/s1. The van der Waals surface area contributed by atoms with Crippen molar-refractivity contribution in [3.05, 3.63) is 58.5 Å². The number of aryl methyl sites for hydroxylation is 1. The first-order valence-corrected chi connectivity index (χ1v) is 11.4. The Balaban J connectivity index is 1.77. The number of fused-ring (bicyclic) bond motifs is 1. The highest BCUT2D eigenvalue weighted by Crippen LogP contribution is 2.41. The second-order valence-corrected chi connectivity index (χ2v) is 8.54. The van der Waals surface area contributed by atoms with Crippen LogP contribution in [0.15, 0.2) is 52.6 Å². The summed E-state index contributed by atoms with van der Waals surface area (Å²) < 4.78 is 10.2. The van der Waals surface area contributed by atoms with Crippen molar-refractivity contribution >= 4 is 35.2 Å². The van der Waals surface area contributed by atoms with E-state index in [9.17, 15) is 19.3 Å². The molecule has 1 atom stereocenters. The van der Waals surface area contributed by atoms with E-state index in [2.05, 4.69) is 5.29 Å². The maximum Gasteiger partial charge on any atom is 0.338 e. The first kappa shape index (κ1) is 24.2. The number of anilines is 1. The number of hydrogen-bond acceptors (Lipinski definition) is 8. The molecule has 0 saturated carbocycles. The Morgan fingerprint density at radius 3 is 2.61 bits per heavy atom. The second kappa shape index (κ2) is 11.5. The normalized spacial score (nSPS) is 14.9. The molecule has 1 heterocycles. The summed E-state index contributed by atoms with van der Waals surface area (Å²) in [6.07, 6.45) is 2.15. The van der Waals surface area contributed by atoms with Gasteiger partial charge in [0.15, 0.2) is 0 Å². The molecule has 2 aromatic carbocycles. The summed E-state index contributed by atoms with van der Waals surface area (Å²) in [6.45, 7) is 1.55. The molecule has 174 valence electrons. The molecule has 0 unspecified atom stereocenters. The quantitative estimate of drug-likeness (QED) is 0.320. The van der Waals surface area contributed by atoms with Gasteiger partial charge in [-0.1, -0.05) is 12.1 Å². The van der Waals surface area contributed by atoms with Crippen LogP contribution in [0.1, 0.15) is 35.7 Å². The monoisotopic (exact) mass is 471 g/mol. The van der Waals surface area contributed by atoms with E-state index in [-0.39, 0.29) is 24.6 Å². The molecule has 0 aromatic heterocycles. The van der Waals surface area contributed by atoms with Crippen molar-refractivity contribution in [2.75, 3.05) is 25.2 Å². The van der Waals surface area contributed by atoms with Crippen molar-refractivity contribution in [3.8, 4) is 5.75 Å². The number of rotatable bonds is 10. The summed E-state index contributed by atoms with van der Waals surface area (Å²) in [5, 5.41) is 1.99. The van der Waals surface area contributed by atoms with Crippen LogP contribution in [0.25, 0.3) is 0 Å². The fraction of sp³-hybridized carbons (Fsp3) is 0.348. The summed E-state index contributed by atoms with van der Waals surface area (Å²) >= 11 is 1.40. The van der Waals surface area contributed by atoms with Crippen molar-refractivity contribution in [1.29, 1.82) is 0 Å². The van der Waals surface area contributed by atoms with Gasteiger partial charge in [-0.2, -0.15) is 0 Å². The molecule has 0 aliphatic carbocycles. The van der Waals surface area contributed by atoms with Gasteiger partial charge in [-0.15, -0.1) is 16.7 Å². The predicted molar refractivity (Wildman–Crippen MR) is 124 cm³/mol. The smallest absolute Gasteiger partial charge is 0.338 e. The fourth-order valence-corrected chi connectivity index (χ4v) is 4.78. The number of amides is 2. The van der Waals surface area contributed by atoms with Crippen molar-refractivity contribution in [1.82, 2.24) is 5.43 Å². The van der Waals surface area contributed by atoms with Crippen LogP contribution in [-0.4, -0.2) is 43.3 Å². The molecule has 2 amide bonds. The average molecular weight is 472 g/mol. The van der Waals surface area contributed by atoms with E-state index >= 15 is 0 Å². The van der Waals surface area contributed by atoms with Crippen LogP contribution >= 0.6 is 11.8 Å². The first-order chi connectivity index (χ1) is 16.0. The van der Waals surface area contributed by atoms with Crippen molar-refractivity contribution in [2.24, 2.45) is 5.29 Å². The molecule has 0 spiro atoms. The molecule has 0 saturated heterocycles. The lowest BCUT2D eigenvalue weighted by Gasteiger charge is -2.33. The summed E-state index contributed by atoms with van der Waals surface area (Å²) in [6, 6.07) is 12.7. The number of thioether (sulfide) groups is 1. The van der Waals surface area contributed by atoms with E-state index in [1.165, 1.54) is 22.7 Å². The molecule has 1 N–H and O–H groups in total. The molecule has 9 nitrogen and oxygen atoms in total. The van der Waals surface area contributed by atoms with E-state index < -0.39 is 17.1 Å². The van der Waals surface area contributed by atoms with Gasteiger partial charge >= 0.3 is 5.97 Å². The summed E-state index contributed by atoms with van der Waals surface area (Å²) in [4.78, 5) is 49.9. The topological polar surface area (TPSA) is 114 Å². The molecular formula is C23H25N3O6S. The van der Waals surface area contributed by atoms with Crippen molar-refractivity contribution in [3.63, 3.8) is 0 Å². The van der Waals surface area contributed by atoms with Crippen LogP contribution in [-0.2, 0) is 20.7 Å². The summed E-state index contributed by atoms with van der Waals surface area (Å²) in [7, 11) is 1.62. The zero-order valence-electron chi connectivity index (χ0n) is 18.4. The summed E-state index contributed by atoms with van der Waals surface area (Å²) in [5.41, 5.74) is 3.67. The fourth-order valence-electron chi connectivity index (χ4n) is 3.52. The third kappa shape index (κ3) is 6.10. The van der Waals surface area contributed by atoms with E-state index in [0.717, 1.165) is 29.1 Å². The Labute approximate surface area is 195 Å². The van der Waals surface area contributed by atoms with Gasteiger partial charge in [-0.05, 0) is 62.1 Å². The molecule has 3 rings (SSSR count). The minimum absolute atomic E-state index is 0.219. The minimum atomic E-state index is -0.713. The van der Waals surface area contributed by atoms with E-state index in [0.29, 0.717) is 12.1 Å². The molecule has 1 aliphatic heterocycles. The number of nitrogens with one attached hydrogen (secondary N) is 1. The van der Waals surface area contributed by atoms with Gasteiger partial charge in [-0.25, -0.2) is 10.2 Å². The van der Waals surface area contributed by atoms with Crippen LogP contribution in [0.5, 0.6) is 5.75 Å². The third-order valence-electron chi connectivity index (χ3n) is 5.13. The number of esters is 1. The molecule has 0 bridgehead atoms. The van der Waals surface area contributed by atoms with Gasteiger partial charge in [0.25, 0.3) is 5.91 Å². The van der Waals surface area contributed by atoms with Gasteiger partial charge in [0.2, 0.25) is 5.91 Å². The largest absolute Gasteiger partial charge is 0.497 e. The summed E-state index contributed by atoms with van der Waals surface area (Å²) in [5.74, 6) is -0.702. The number of hydrogen-bond donors (Lipinski definition) is 1. The number of benzene rings is 2. The number of nitrogens with zero attached hydrogens (tertiary/aromatic N) is 2. The van der Waals surface area contributed by atoms with Gasteiger partial charge < -0.3 is 14.4 Å². The van der Waals surface area contributed by atoms with Gasteiger partial charge in [-0.3, -0.25) is 9.59 Å². The van der Waals surface area contributed by atoms with Crippen LogP contribution in [0.3, 0.4) is 0 Å². The highest BCUT2D eigenvalue weighted by molar-refractivity contribution is 8.01. The van der Waals surface area contributed by atoms with Gasteiger partial charge in [0.05, 0.1) is 35.5 Å². The Kier molecular flexibility index (Phi) is 8.42. The van der Waals surface area contributed by atoms with Gasteiger partial charge in [0.1, 0.15) is 12.3 Å². The SMILES string of the molecule is CCOC(=O)c1ccc2c(c1)N(CC(=O)NN=O)C(=O)[C@@H](CCCc1ccc(OC)cc1)S2. The zero-order chi connectivity index (χ0) is 23.8. The van der Waals surface area contributed by atoms with E-state index in [1.807, 2.05) is 29.7 Å². The molecule has 0 radical (unpaired) electrons. The Morgan fingerprint density at radius 1 is 1.18 bits per heavy atom. The molecule has 33 heavy (non-hydrogen) atoms. The maximum atomic E-state index is 13.2. The number of nitroso groups, excluding NO2 is 1. The van der Waals surface area contributed by atoms with Crippen molar-refractivity contribution < 1.29 is 23.9 Å². The molecule has 0 fully saturated rings. The third-order valence-corrected chi connectivity index (χ3v) is 6.46. The Hall–Kier alpha value is -3.40. The number of carbonyl (C=O) groups is 3. The highest BCUT2D eigenvalue weighted by Gasteiger charge is 2.35. The van der Waals surface area contributed by atoms with E-state index in [1.54, 1.807) is 26.2 Å². The average Bonchev–Trinajstić information content (AvgIpc) is 2.82. The molecule has 10 heteroatoms. The lowest BCUT2D eigenvalue weighted by molar-refractivity contribution is -0.123. The Bertz CT molecular complexity index is 1030. The van der Waals surface area contributed by atoms with Crippen LogP contribution in [0.4, 0.5) is 5.69 Å². The molecule has 2 aromatic rings. The first-order valence-electron chi connectivity index (χ1n) is 10.5. The number of ether oxygens (including phenoxy) is 2. The Morgan fingerprint density at radius 2 is 1.94 bits per heavy atom.